The molecule has 3 rings (SSSR count). The lowest BCUT2D eigenvalue weighted by Crippen LogP contribution is -2.01. The lowest BCUT2D eigenvalue weighted by atomic mass is 9.99. The lowest BCUT2D eigenvalue weighted by molar-refractivity contribution is 0.221. The summed E-state index contributed by atoms with van der Waals surface area (Å²) < 4.78 is 0. The van der Waals surface area contributed by atoms with E-state index in [-0.39, 0.29) is 0 Å². The van der Waals surface area contributed by atoms with Crippen LogP contribution in [0.1, 0.15) is 17.2 Å². The normalized spacial score (nSPS) is 12.5. The fraction of sp³-hybridized carbons (Fsp3) is 0.0714. The van der Waals surface area contributed by atoms with E-state index in [2.05, 4.69) is 15.2 Å². The van der Waals surface area contributed by atoms with Gasteiger partial charge in [-0.15, -0.1) is 0 Å². The molecule has 0 aliphatic carbocycles. The molecule has 4 nitrogen and oxygen atoms in total. The maximum Gasteiger partial charge on any atom is 0.106 e. The molecule has 0 bridgehead atoms. The monoisotopic (exact) mass is 237 g/mol. The number of rotatable bonds is 2. The Morgan fingerprint density at radius 1 is 0.944 bits per heavy atom. The number of pyridine rings is 1. The van der Waals surface area contributed by atoms with E-state index in [0.29, 0.717) is 0 Å². The third-order valence-electron chi connectivity index (χ3n) is 2.90. The second-order valence-corrected chi connectivity index (χ2v) is 4.00. The minimum atomic E-state index is -0.714. The Kier molecular flexibility index (Phi) is 2.70. The van der Waals surface area contributed by atoms with Crippen LogP contribution in [-0.4, -0.2) is 20.3 Å². The van der Waals surface area contributed by atoms with Crippen LogP contribution in [0.5, 0.6) is 0 Å². The molecule has 2 heterocycles. The van der Waals surface area contributed by atoms with Crippen LogP contribution in [0.15, 0.2) is 55.0 Å². The average Bonchev–Trinajstić information content (AvgIpc) is 2.47. The van der Waals surface area contributed by atoms with Crippen molar-refractivity contribution >= 4 is 10.9 Å². The molecule has 0 saturated heterocycles. The van der Waals surface area contributed by atoms with Crippen LogP contribution >= 0.6 is 0 Å². The third kappa shape index (κ3) is 1.83. The van der Waals surface area contributed by atoms with Gasteiger partial charge in [0.2, 0.25) is 0 Å². The summed E-state index contributed by atoms with van der Waals surface area (Å²) in [4.78, 5) is 4.28. The molecular formula is C14H11N3O. The van der Waals surface area contributed by atoms with Gasteiger partial charge in [-0.25, -0.2) is 0 Å². The van der Waals surface area contributed by atoms with Crippen molar-refractivity contribution in [2.75, 3.05) is 0 Å². The molecule has 0 spiro atoms. The Bertz CT molecular complexity index is 665. The summed E-state index contributed by atoms with van der Waals surface area (Å²) in [5.41, 5.74) is 2.42. The summed E-state index contributed by atoms with van der Waals surface area (Å²) >= 11 is 0. The SMILES string of the molecule is OC(c1ccnnc1)c1cccc2ncccc12. The number of fused-ring (bicyclic) bond motifs is 1. The summed E-state index contributed by atoms with van der Waals surface area (Å²) in [6.45, 7) is 0. The molecule has 0 saturated carbocycles. The summed E-state index contributed by atoms with van der Waals surface area (Å²) in [5, 5.41) is 18.8. The summed E-state index contributed by atoms with van der Waals surface area (Å²) in [6, 6.07) is 11.3. The average molecular weight is 237 g/mol. The van der Waals surface area contributed by atoms with Crippen LogP contribution < -0.4 is 0 Å². The van der Waals surface area contributed by atoms with Crippen molar-refractivity contribution in [1.29, 1.82) is 0 Å². The van der Waals surface area contributed by atoms with E-state index in [0.717, 1.165) is 22.0 Å². The van der Waals surface area contributed by atoms with E-state index in [1.165, 1.54) is 0 Å². The van der Waals surface area contributed by atoms with Crippen LogP contribution in [0.25, 0.3) is 10.9 Å². The van der Waals surface area contributed by atoms with Gasteiger partial charge in [-0.05, 0) is 23.8 Å². The highest BCUT2D eigenvalue weighted by Crippen LogP contribution is 2.27. The quantitative estimate of drug-likeness (QED) is 0.741. The third-order valence-corrected chi connectivity index (χ3v) is 2.90. The minimum absolute atomic E-state index is 0.714. The number of nitrogens with zero attached hydrogens (tertiary/aromatic N) is 3. The van der Waals surface area contributed by atoms with Crippen molar-refractivity contribution < 1.29 is 5.11 Å². The number of aliphatic hydroxyl groups excluding tert-OH is 1. The largest absolute Gasteiger partial charge is 0.384 e. The fourth-order valence-electron chi connectivity index (χ4n) is 2.01. The molecule has 1 unspecified atom stereocenters. The first kappa shape index (κ1) is 10.8. The zero-order chi connectivity index (χ0) is 12.4. The first-order valence-electron chi connectivity index (χ1n) is 5.64. The summed E-state index contributed by atoms with van der Waals surface area (Å²) in [5.74, 6) is 0. The van der Waals surface area contributed by atoms with Crippen LogP contribution in [0, 0.1) is 0 Å². The molecule has 88 valence electrons. The topological polar surface area (TPSA) is 58.9 Å². The number of hydrogen-bond donors (Lipinski definition) is 1. The van der Waals surface area contributed by atoms with E-state index in [1.807, 2.05) is 30.3 Å². The molecule has 1 aromatic carbocycles. The molecule has 0 radical (unpaired) electrons. The zero-order valence-electron chi connectivity index (χ0n) is 9.56. The van der Waals surface area contributed by atoms with Crippen molar-refractivity contribution in [2.24, 2.45) is 0 Å². The number of aromatic nitrogens is 3. The van der Waals surface area contributed by atoms with Gasteiger partial charge in [-0.3, -0.25) is 4.98 Å². The van der Waals surface area contributed by atoms with Gasteiger partial charge in [-0.2, -0.15) is 10.2 Å². The maximum absolute atomic E-state index is 10.4. The minimum Gasteiger partial charge on any atom is -0.384 e. The number of aliphatic hydroxyl groups is 1. The predicted molar refractivity (Wildman–Crippen MR) is 67.8 cm³/mol. The van der Waals surface area contributed by atoms with Crippen molar-refractivity contribution in [1.82, 2.24) is 15.2 Å². The molecule has 1 N–H and O–H groups in total. The summed E-state index contributed by atoms with van der Waals surface area (Å²) in [6.07, 6.45) is 4.17. The first-order valence-corrected chi connectivity index (χ1v) is 5.64. The molecule has 0 fully saturated rings. The molecule has 0 aliphatic rings. The van der Waals surface area contributed by atoms with E-state index in [1.54, 1.807) is 24.7 Å². The fourth-order valence-corrected chi connectivity index (χ4v) is 2.01. The van der Waals surface area contributed by atoms with Crippen LogP contribution in [0.2, 0.25) is 0 Å². The van der Waals surface area contributed by atoms with Gasteiger partial charge in [0.05, 0.1) is 11.7 Å². The van der Waals surface area contributed by atoms with E-state index >= 15 is 0 Å². The van der Waals surface area contributed by atoms with Crippen molar-refractivity contribution in [2.45, 2.75) is 6.10 Å². The van der Waals surface area contributed by atoms with Gasteiger partial charge in [0.1, 0.15) is 6.10 Å². The van der Waals surface area contributed by atoms with Crippen LogP contribution in [0.3, 0.4) is 0 Å². The molecule has 2 aromatic heterocycles. The summed E-state index contributed by atoms with van der Waals surface area (Å²) in [7, 11) is 0. The van der Waals surface area contributed by atoms with Gasteiger partial charge in [-0.1, -0.05) is 18.2 Å². The number of hydrogen-bond acceptors (Lipinski definition) is 4. The van der Waals surface area contributed by atoms with E-state index in [4.69, 9.17) is 0 Å². The Morgan fingerprint density at radius 2 is 1.89 bits per heavy atom. The standard InChI is InChI=1S/C14H11N3O/c18-14(10-6-8-16-17-9-10)12-3-1-5-13-11(12)4-2-7-15-13/h1-9,14,18H. The number of benzene rings is 1. The van der Waals surface area contributed by atoms with Crippen LogP contribution in [0.4, 0.5) is 0 Å². The molecule has 18 heavy (non-hydrogen) atoms. The maximum atomic E-state index is 10.4. The van der Waals surface area contributed by atoms with E-state index < -0.39 is 6.10 Å². The van der Waals surface area contributed by atoms with Gasteiger partial charge in [0.25, 0.3) is 0 Å². The van der Waals surface area contributed by atoms with Crippen molar-refractivity contribution in [3.63, 3.8) is 0 Å². The van der Waals surface area contributed by atoms with Gasteiger partial charge in [0, 0.05) is 23.3 Å². The second kappa shape index (κ2) is 4.50. The molecule has 0 aliphatic heterocycles. The van der Waals surface area contributed by atoms with Gasteiger partial charge < -0.3 is 5.11 Å². The Balaban J connectivity index is 2.15. The smallest absolute Gasteiger partial charge is 0.106 e. The second-order valence-electron chi connectivity index (χ2n) is 4.00. The highest BCUT2D eigenvalue weighted by atomic mass is 16.3. The molecular weight excluding hydrogens is 226 g/mol. The lowest BCUT2D eigenvalue weighted by Gasteiger charge is -2.12. The highest BCUT2D eigenvalue weighted by molar-refractivity contribution is 5.82. The molecule has 0 amide bonds. The zero-order valence-corrected chi connectivity index (χ0v) is 9.56. The van der Waals surface area contributed by atoms with Crippen LogP contribution in [-0.2, 0) is 0 Å². The Morgan fingerprint density at radius 3 is 2.72 bits per heavy atom. The molecule has 4 heteroatoms. The highest BCUT2D eigenvalue weighted by Gasteiger charge is 2.13. The Hall–Kier alpha value is -2.33. The van der Waals surface area contributed by atoms with Gasteiger partial charge in [0.15, 0.2) is 0 Å². The van der Waals surface area contributed by atoms with Gasteiger partial charge >= 0.3 is 0 Å². The molecule has 1 atom stereocenters. The predicted octanol–water partition coefficient (Wildman–Crippen LogP) is 2.11. The Labute approximate surface area is 104 Å². The van der Waals surface area contributed by atoms with E-state index in [9.17, 15) is 5.11 Å². The first-order chi connectivity index (χ1) is 8.86. The van der Waals surface area contributed by atoms with Crippen molar-refractivity contribution in [3.8, 4) is 0 Å². The van der Waals surface area contributed by atoms with Crippen molar-refractivity contribution in [3.05, 3.63) is 66.1 Å². The molecule has 3 aromatic rings.